The van der Waals surface area contributed by atoms with E-state index in [2.05, 4.69) is 5.10 Å². The lowest BCUT2D eigenvalue weighted by atomic mass is 10.1. The third-order valence-electron chi connectivity index (χ3n) is 5.20. The lowest BCUT2D eigenvalue weighted by Crippen LogP contribution is -2.40. The van der Waals surface area contributed by atoms with E-state index in [9.17, 15) is 27.6 Å². The molecule has 0 saturated carbocycles. The Labute approximate surface area is 206 Å². The zero-order valence-electron chi connectivity index (χ0n) is 20.9. The summed E-state index contributed by atoms with van der Waals surface area (Å²) in [7, 11) is 1.22. The smallest absolute Gasteiger partial charge is 0.389 e. The molecule has 0 N–H and O–H groups in total. The van der Waals surface area contributed by atoms with Gasteiger partial charge in [0, 0.05) is 20.0 Å². The highest BCUT2D eigenvalue weighted by atomic mass is 19.4. The number of alkyl halides is 3. The van der Waals surface area contributed by atoms with Gasteiger partial charge in [-0.05, 0) is 64.2 Å². The monoisotopic (exact) mass is 515 g/mol. The zero-order chi connectivity index (χ0) is 26.9. The van der Waals surface area contributed by atoms with Crippen molar-refractivity contribution in [1.29, 1.82) is 0 Å². The number of rotatable bonds is 13. The quantitative estimate of drug-likeness (QED) is 0.298. The molecule has 0 unspecified atom stereocenters. The van der Waals surface area contributed by atoms with Gasteiger partial charge in [0.25, 0.3) is 5.88 Å². The zero-order valence-corrected chi connectivity index (χ0v) is 20.9. The predicted octanol–water partition coefficient (Wildman–Crippen LogP) is 3.41. The van der Waals surface area contributed by atoms with Crippen LogP contribution in [-0.4, -0.2) is 45.3 Å². The van der Waals surface area contributed by atoms with Crippen LogP contribution < -0.4 is 20.7 Å². The Balaban J connectivity index is 1.85. The van der Waals surface area contributed by atoms with E-state index in [-0.39, 0.29) is 32.1 Å². The highest BCUT2D eigenvalue weighted by Crippen LogP contribution is 2.22. The minimum absolute atomic E-state index is 0.151. The van der Waals surface area contributed by atoms with E-state index in [1.165, 1.54) is 7.05 Å². The van der Waals surface area contributed by atoms with Crippen LogP contribution in [0, 0.1) is 0 Å². The molecule has 1 heterocycles. The molecular weight excluding hydrogens is 483 g/mol. The molecule has 0 fully saturated rings. The molecule has 0 bridgehead atoms. The number of carbonyl (C=O) groups excluding carboxylic acids is 1. The normalized spacial score (nSPS) is 11.9. The molecule has 0 aliphatic rings. The Morgan fingerprint density at radius 3 is 2.33 bits per heavy atom. The fraction of sp³-hybridized carbons (Fsp3) is 0.583. The number of unbranched alkanes of at least 4 members (excludes halogenated alkanes) is 1. The lowest BCUT2D eigenvalue weighted by Gasteiger charge is -2.24. The third kappa shape index (κ3) is 8.72. The van der Waals surface area contributed by atoms with Gasteiger partial charge >= 0.3 is 23.4 Å². The lowest BCUT2D eigenvalue weighted by molar-refractivity contribution is -0.158. The van der Waals surface area contributed by atoms with Crippen LogP contribution in [0.15, 0.2) is 33.9 Å². The molecule has 36 heavy (non-hydrogen) atoms. The second kappa shape index (κ2) is 12.6. The van der Waals surface area contributed by atoms with Gasteiger partial charge in [-0.2, -0.15) is 13.2 Å². The summed E-state index contributed by atoms with van der Waals surface area (Å²) in [6.45, 7) is 5.14. The van der Waals surface area contributed by atoms with Crippen molar-refractivity contribution in [1.82, 2.24) is 14.3 Å². The molecule has 0 spiro atoms. The second-order valence-corrected chi connectivity index (χ2v) is 8.68. The molecule has 2 aromatic rings. The standard InChI is InChI=1S/C24H32F3N3O6/c1-5-34-21(32)23(2,3)36-18-12-10-17(11-13-18)9-6-7-16-35-19-20(31)29(4)22(33)30(28-19)15-8-14-24(25,26)27/h10-13H,5-9,14-16H2,1-4H3. The van der Waals surface area contributed by atoms with Gasteiger partial charge in [-0.3, -0.25) is 9.36 Å². The van der Waals surface area contributed by atoms with Gasteiger partial charge in [0.05, 0.1) is 13.2 Å². The minimum Gasteiger partial charge on any atom is -0.476 e. The van der Waals surface area contributed by atoms with Crippen LogP contribution in [0.2, 0.25) is 0 Å². The van der Waals surface area contributed by atoms with Crippen molar-refractivity contribution >= 4 is 5.97 Å². The van der Waals surface area contributed by atoms with E-state index < -0.39 is 35.4 Å². The van der Waals surface area contributed by atoms with Gasteiger partial charge in [-0.25, -0.2) is 14.3 Å². The molecule has 12 heteroatoms. The first kappa shape index (κ1) is 28.9. The van der Waals surface area contributed by atoms with Crippen molar-refractivity contribution in [3.8, 4) is 11.6 Å². The van der Waals surface area contributed by atoms with Gasteiger partial charge in [-0.1, -0.05) is 12.1 Å². The summed E-state index contributed by atoms with van der Waals surface area (Å²) in [6.07, 6.45) is -3.72. The predicted molar refractivity (Wildman–Crippen MR) is 125 cm³/mol. The van der Waals surface area contributed by atoms with E-state index in [1.807, 2.05) is 12.1 Å². The highest BCUT2D eigenvalue weighted by Gasteiger charge is 2.31. The largest absolute Gasteiger partial charge is 0.476 e. The number of halogens is 3. The van der Waals surface area contributed by atoms with Gasteiger partial charge in [0.1, 0.15) is 5.75 Å². The average Bonchev–Trinajstić information content (AvgIpc) is 2.80. The molecule has 1 aromatic carbocycles. The van der Waals surface area contributed by atoms with Crippen molar-refractivity contribution in [2.24, 2.45) is 7.05 Å². The molecule has 0 saturated heterocycles. The van der Waals surface area contributed by atoms with E-state index in [0.29, 0.717) is 18.6 Å². The van der Waals surface area contributed by atoms with Crippen LogP contribution in [0.3, 0.4) is 0 Å². The maximum absolute atomic E-state index is 12.4. The van der Waals surface area contributed by atoms with E-state index in [0.717, 1.165) is 21.2 Å². The molecule has 0 aliphatic carbocycles. The number of esters is 1. The number of aromatic nitrogens is 3. The molecule has 0 amide bonds. The molecule has 0 atom stereocenters. The molecule has 9 nitrogen and oxygen atoms in total. The first-order valence-electron chi connectivity index (χ1n) is 11.7. The Morgan fingerprint density at radius 2 is 1.72 bits per heavy atom. The van der Waals surface area contributed by atoms with Crippen molar-refractivity contribution in [2.45, 2.75) is 71.2 Å². The van der Waals surface area contributed by atoms with Crippen LogP contribution in [0.5, 0.6) is 11.6 Å². The van der Waals surface area contributed by atoms with E-state index in [1.54, 1.807) is 32.9 Å². The Kier molecular flexibility index (Phi) is 10.1. The van der Waals surface area contributed by atoms with Gasteiger partial charge < -0.3 is 14.2 Å². The van der Waals surface area contributed by atoms with Crippen molar-refractivity contribution in [3.63, 3.8) is 0 Å². The molecule has 200 valence electrons. The molecule has 0 aliphatic heterocycles. The Hall–Kier alpha value is -3.31. The Morgan fingerprint density at radius 1 is 1.06 bits per heavy atom. The van der Waals surface area contributed by atoms with E-state index in [4.69, 9.17) is 14.2 Å². The first-order valence-corrected chi connectivity index (χ1v) is 11.7. The maximum Gasteiger partial charge on any atom is 0.389 e. The fourth-order valence-corrected chi connectivity index (χ4v) is 3.23. The maximum atomic E-state index is 12.4. The van der Waals surface area contributed by atoms with Gasteiger partial charge in [0.2, 0.25) is 0 Å². The van der Waals surface area contributed by atoms with Crippen molar-refractivity contribution in [3.05, 3.63) is 50.7 Å². The molecule has 2 rings (SSSR count). The van der Waals surface area contributed by atoms with Crippen LogP contribution in [0.1, 0.15) is 52.0 Å². The molecular formula is C24H32F3N3O6. The number of hydrogen-bond donors (Lipinski definition) is 0. The summed E-state index contributed by atoms with van der Waals surface area (Å²) < 4.78 is 54.9. The number of ether oxygens (including phenoxy) is 3. The first-order chi connectivity index (χ1) is 16.8. The van der Waals surface area contributed by atoms with Crippen LogP contribution >= 0.6 is 0 Å². The third-order valence-corrected chi connectivity index (χ3v) is 5.20. The number of benzene rings is 1. The van der Waals surface area contributed by atoms with Crippen LogP contribution in [-0.2, 0) is 29.5 Å². The van der Waals surface area contributed by atoms with Gasteiger partial charge in [-0.15, -0.1) is 5.10 Å². The summed E-state index contributed by atoms with van der Waals surface area (Å²) in [4.78, 5) is 36.3. The number of nitrogens with zero attached hydrogens (tertiary/aromatic N) is 3. The van der Waals surface area contributed by atoms with Gasteiger partial charge in [0.15, 0.2) is 5.60 Å². The fourth-order valence-electron chi connectivity index (χ4n) is 3.23. The topological polar surface area (TPSA) is 102 Å². The minimum atomic E-state index is -4.34. The van der Waals surface area contributed by atoms with Crippen LogP contribution in [0.4, 0.5) is 13.2 Å². The molecule has 0 radical (unpaired) electrons. The average molecular weight is 516 g/mol. The van der Waals surface area contributed by atoms with Crippen LogP contribution in [0.25, 0.3) is 0 Å². The van der Waals surface area contributed by atoms with Crippen molar-refractivity contribution in [2.75, 3.05) is 13.2 Å². The van der Waals surface area contributed by atoms with Crippen molar-refractivity contribution < 1.29 is 32.2 Å². The summed E-state index contributed by atoms with van der Waals surface area (Å²) >= 11 is 0. The number of carbonyl (C=O) groups is 1. The summed E-state index contributed by atoms with van der Waals surface area (Å²) in [6, 6.07) is 7.29. The number of aryl methyl sites for hydroxylation is 2. The highest BCUT2D eigenvalue weighted by molar-refractivity contribution is 5.79. The van der Waals surface area contributed by atoms with E-state index >= 15 is 0 Å². The number of hydrogen-bond acceptors (Lipinski definition) is 7. The summed E-state index contributed by atoms with van der Waals surface area (Å²) in [5.41, 5.74) is -1.62. The second-order valence-electron chi connectivity index (χ2n) is 8.68. The Bertz CT molecular complexity index is 1120. The summed E-state index contributed by atoms with van der Waals surface area (Å²) in [5.74, 6) is -0.239. The molecule has 1 aromatic heterocycles. The SMILES string of the molecule is CCOC(=O)C(C)(C)Oc1ccc(CCCCOc2nn(CCCC(F)(F)F)c(=O)n(C)c2=O)cc1. The summed E-state index contributed by atoms with van der Waals surface area (Å²) in [5, 5.41) is 3.81.